The Morgan fingerprint density at radius 1 is 1.09 bits per heavy atom. The summed E-state index contributed by atoms with van der Waals surface area (Å²) in [6, 6.07) is 2.49. The molecule has 0 atom stereocenters. The van der Waals surface area contributed by atoms with Gasteiger partial charge in [-0.1, -0.05) is 42.6 Å². The lowest BCUT2D eigenvalue weighted by Crippen LogP contribution is -2.32. The highest BCUT2D eigenvalue weighted by Gasteiger charge is 2.21. The quantitative estimate of drug-likeness (QED) is 0.338. The number of oxime groups is 1. The molecule has 0 saturated heterocycles. The van der Waals surface area contributed by atoms with Crippen molar-refractivity contribution >= 4 is 17.6 Å². The van der Waals surface area contributed by atoms with Gasteiger partial charge >= 0.3 is 5.97 Å². The number of allylic oxidation sites excluding steroid dienone is 3. The number of nitrogens with zero attached hydrogens (tertiary/aromatic N) is 1. The number of hydrogen-bond acceptors (Lipinski definition) is 7. The first kappa shape index (κ1) is 25.3. The second kappa shape index (κ2) is 13.4. The van der Waals surface area contributed by atoms with Crippen molar-refractivity contribution in [3.63, 3.8) is 0 Å². The summed E-state index contributed by atoms with van der Waals surface area (Å²) < 4.78 is 5.28. The molecule has 0 bridgehead atoms. The lowest BCUT2D eigenvalue weighted by atomic mass is 9.89. The van der Waals surface area contributed by atoms with E-state index in [9.17, 15) is 19.8 Å². The van der Waals surface area contributed by atoms with Crippen LogP contribution in [0.1, 0.15) is 67.3 Å². The second-order valence-electron chi connectivity index (χ2n) is 8.72. The Hall–Kier alpha value is -3.29. The molecule has 3 N–H and O–H groups in total. The van der Waals surface area contributed by atoms with Gasteiger partial charge in [0.2, 0.25) is 0 Å². The molecular formula is C26H34N2O6. The molecule has 0 spiro atoms. The standard InChI is InChI=1S/C26H34N2O6/c29-22-15-20-14-21(28-34-18-24(31)27-17-19-10-6-5-7-11-19)12-8-3-1-2-4-9-13-33-26(32)25(20)23(30)16-22/h2,4,8,12,15-16,19,29-30H,1,3,5-7,9-11,13-14,17-18H2,(H,27,31)/b4-2+,12-8+,28-21?. The minimum Gasteiger partial charge on any atom is -0.508 e. The Bertz CT molecular complexity index is 931. The molecule has 1 aliphatic carbocycles. The number of cyclic esters (lactones) is 1. The number of phenols is 2. The van der Waals surface area contributed by atoms with Crippen LogP contribution in [0.15, 0.2) is 41.6 Å². The van der Waals surface area contributed by atoms with Crippen molar-refractivity contribution in [2.45, 2.75) is 57.8 Å². The van der Waals surface area contributed by atoms with Gasteiger partial charge < -0.3 is 25.1 Å². The molecule has 184 valence electrons. The largest absolute Gasteiger partial charge is 0.508 e. The zero-order valence-electron chi connectivity index (χ0n) is 19.5. The van der Waals surface area contributed by atoms with Crippen LogP contribution in [0, 0.1) is 5.92 Å². The maximum atomic E-state index is 12.6. The van der Waals surface area contributed by atoms with Crippen molar-refractivity contribution in [3.8, 4) is 11.5 Å². The molecule has 2 aliphatic rings. The number of rotatable bonds is 5. The highest BCUT2D eigenvalue weighted by atomic mass is 16.6. The van der Waals surface area contributed by atoms with E-state index in [1.54, 1.807) is 6.08 Å². The molecule has 1 fully saturated rings. The van der Waals surface area contributed by atoms with Crippen LogP contribution in [0.5, 0.6) is 11.5 Å². The van der Waals surface area contributed by atoms with Crippen LogP contribution in [-0.4, -0.2) is 47.6 Å². The SMILES string of the molecule is O=C(CON=C1/C=C/CC/C=C/CCOC(=O)c2c(O)cc(O)cc2C1)NCC1CCCCC1. The number of carbonyl (C=O) groups is 2. The van der Waals surface area contributed by atoms with Crippen LogP contribution in [0.2, 0.25) is 0 Å². The third-order valence-corrected chi connectivity index (χ3v) is 5.94. The minimum atomic E-state index is -0.677. The number of fused-ring (bicyclic) bond motifs is 1. The van der Waals surface area contributed by atoms with Gasteiger partial charge in [0.15, 0.2) is 6.61 Å². The Kier molecular flexibility index (Phi) is 10.0. The number of phenolic OH excluding ortho intramolecular Hbond substituents is 2. The topological polar surface area (TPSA) is 117 Å². The number of nitrogens with one attached hydrogen (secondary N) is 1. The van der Waals surface area contributed by atoms with Crippen molar-refractivity contribution in [1.29, 1.82) is 0 Å². The lowest BCUT2D eigenvalue weighted by Gasteiger charge is -2.21. The van der Waals surface area contributed by atoms with Gasteiger partial charge in [-0.3, -0.25) is 4.79 Å². The van der Waals surface area contributed by atoms with E-state index in [0.717, 1.165) is 31.7 Å². The van der Waals surface area contributed by atoms with E-state index >= 15 is 0 Å². The summed E-state index contributed by atoms with van der Waals surface area (Å²) in [7, 11) is 0. The van der Waals surface area contributed by atoms with Crippen LogP contribution in [0.25, 0.3) is 0 Å². The first-order valence-electron chi connectivity index (χ1n) is 12.0. The molecule has 1 saturated carbocycles. The lowest BCUT2D eigenvalue weighted by molar-refractivity contribution is -0.125. The number of ether oxygens (including phenoxy) is 1. The van der Waals surface area contributed by atoms with Gasteiger partial charge in [-0.25, -0.2) is 4.79 Å². The zero-order chi connectivity index (χ0) is 24.2. The van der Waals surface area contributed by atoms with Gasteiger partial charge in [-0.15, -0.1) is 0 Å². The Morgan fingerprint density at radius 3 is 2.68 bits per heavy atom. The molecule has 8 nitrogen and oxygen atoms in total. The second-order valence-corrected chi connectivity index (χ2v) is 8.72. The Balaban J connectivity index is 1.70. The van der Waals surface area contributed by atoms with E-state index in [1.807, 2.05) is 18.2 Å². The number of carbonyl (C=O) groups excluding carboxylic acids is 2. The zero-order valence-corrected chi connectivity index (χ0v) is 19.5. The Morgan fingerprint density at radius 2 is 1.85 bits per heavy atom. The normalized spacial score (nSPS) is 21.1. The van der Waals surface area contributed by atoms with Gasteiger partial charge in [0.05, 0.1) is 12.3 Å². The average Bonchev–Trinajstić information content (AvgIpc) is 2.81. The molecule has 1 aromatic carbocycles. The maximum Gasteiger partial charge on any atom is 0.342 e. The van der Waals surface area contributed by atoms with Crippen LogP contribution in [-0.2, 0) is 20.8 Å². The molecular weight excluding hydrogens is 436 g/mol. The number of hydrogen-bond donors (Lipinski definition) is 3. The van der Waals surface area contributed by atoms with Crippen molar-refractivity contribution in [3.05, 3.63) is 47.6 Å². The number of aromatic hydroxyl groups is 2. The van der Waals surface area contributed by atoms with Crippen LogP contribution < -0.4 is 5.32 Å². The van der Waals surface area contributed by atoms with Crippen molar-refractivity contribution in [1.82, 2.24) is 5.32 Å². The van der Waals surface area contributed by atoms with Gasteiger partial charge in [-0.2, -0.15) is 0 Å². The molecule has 3 rings (SSSR count). The van der Waals surface area contributed by atoms with Crippen LogP contribution >= 0.6 is 0 Å². The number of benzene rings is 1. The molecule has 1 aliphatic heterocycles. The summed E-state index contributed by atoms with van der Waals surface area (Å²) in [5.74, 6) is -0.931. The fourth-order valence-electron chi connectivity index (χ4n) is 4.17. The summed E-state index contributed by atoms with van der Waals surface area (Å²) in [6.45, 7) is 0.623. The third kappa shape index (κ3) is 8.24. The molecule has 1 heterocycles. The smallest absolute Gasteiger partial charge is 0.342 e. The van der Waals surface area contributed by atoms with E-state index in [2.05, 4.69) is 10.5 Å². The molecule has 1 aromatic rings. The van der Waals surface area contributed by atoms with E-state index < -0.39 is 5.97 Å². The van der Waals surface area contributed by atoms with Crippen LogP contribution in [0.4, 0.5) is 0 Å². The number of amides is 1. The van der Waals surface area contributed by atoms with Crippen molar-refractivity contribution in [2.75, 3.05) is 19.8 Å². The minimum absolute atomic E-state index is 0.0230. The fourth-order valence-corrected chi connectivity index (χ4v) is 4.17. The van der Waals surface area contributed by atoms with Gasteiger partial charge in [0.25, 0.3) is 5.91 Å². The van der Waals surface area contributed by atoms with E-state index in [-0.39, 0.29) is 42.6 Å². The summed E-state index contributed by atoms with van der Waals surface area (Å²) in [5.41, 5.74) is 0.772. The molecule has 0 unspecified atom stereocenters. The first-order valence-corrected chi connectivity index (χ1v) is 12.0. The van der Waals surface area contributed by atoms with Crippen molar-refractivity contribution < 1.29 is 29.4 Å². The summed E-state index contributed by atoms with van der Waals surface area (Å²) >= 11 is 0. The number of esters is 1. The molecule has 34 heavy (non-hydrogen) atoms. The van der Waals surface area contributed by atoms with E-state index in [4.69, 9.17) is 9.57 Å². The van der Waals surface area contributed by atoms with Gasteiger partial charge in [0, 0.05) is 19.0 Å². The molecule has 0 aromatic heterocycles. The predicted octanol–water partition coefficient (Wildman–Crippen LogP) is 4.16. The maximum absolute atomic E-state index is 12.6. The van der Waals surface area contributed by atoms with Gasteiger partial charge in [0.1, 0.15) is 17.1 Å². The highest BCUT2D eigenvalue weighted by molar-refractivity contribution is 6.00. The highest BCUT2D eigenvalue weighted by Crippen LogP contribution is 2.29. The van der Waals surface area contributed by atoms with Gasteiger partial charge in [-0.05, 0) is 55.7 Å². The molecule has 0 radical (unpaired) electrons. The molecule has 8 heteroatoms. The third-order valence-electron chi connectivity index (χ3n) is 5.94. The van der Waals surface area contributed by atoms with Crippen molar-refractivity contribution in [2.24, 2.45) is 11.1 Å². The fraction of sp³-hybridized carbons (Fsp3) is 0.500. The van der Waals surface area contributed by atoms with Crippen LogP contribution in [0.3, 0.4) is 0 Å². The summed E-state index contributed by atoms with van der Waals surface area (Å²) in [5, 5.41) is 27.3. The summed E-state index contributed by atoms with van der Waals surface area (Å²) in [6.07, 6.45) is 15.9. The van der Waals surface area contributed by atoms with E-state index in [1.165, 1.54) is 25.3 Å². The Labute approximate surface area is 200 Å². The summed E-state index contributed by atoms with van der Waals surface area (Å²) in [4.78, 5) is 30.1. The predicted molar refractivity (Wildman–Crippen MR) is 129 cm³/mol. The first-order chi connectivity index (χ1) is 16.5. The van der Waals surface area contributed by atoms with E-state index in [0.29, 0.717) is 30.2 Å². The average molecular weight is 471 g/mol. The molecule has 1 amide bonds. The monoisotopic (exact) mass is 470 g/mol.